The first-order chi connectivity index (χ1) is 33.7. The molecule has 2 amide bonds. The number of likely N-dealkylation sites (tertiary alicyclic amines) is 2. The zero-order chi connectivity index (χ0) is 48.5. The Bertz CT molecular complexity index is 2350. The lowest BCUT2D eigenvalue weighted by atomic mass is 9.94. The van der Waals surface area contributed by atoms with Crippen LogP contribution < -0.4 is 10.6 Å². The molecule has 0 aliphatic carbocycles. The van der Waals surface area contributed by atoms with Gasteiger partial charge in [-0.2, -0.15) is 0 Å². The molecular formula is C54H83N13O2. The average molecular weight is 946 g/mol. The fourth-order valence-corrected chi connectivity index (χ4v) is 9.92. The minimum Gasteiger partial charge on any atom is -0.353 e. The van der Waals surface area contributed by atoms with Crippen molar-refractivity contribution in [1.82, 2.24) is 53.7 Å². The molecule has 7 heterocycles. The lowest BCUT2D eigenvalue weighted by Crippen LogP contribution is -2.35. The van der Waals surface area contributed by atoms with E-state index in [0.29, 0.717) is 17.3 Å². The highest BCUT2D eigenvalue weighted by molar-refractivity contribution is 5.95. The number of carbonyl (C=O) groups is 2. The van der Waals surface area contributed by atoms with Crippen LogP contribution in [0.1, 0.15) is 170 Å². The second-order valence-electron chi connectivity index (χ2n) is 19.9. The van der Waals surface area contributed by atoms with E-state index in [1.807, 2.05) is 40.3 Å². The molecule has 2 aliphatic heterocycles. The van der Waals surface area contributed by atoms with Gasteiger partial charge in [-0.3, -0.25) is 23.7 Å². The second-order valence-corrected chi connectivity index (χ2v) is 19.9. The molecule has 0 spiro atoms. The van der Waals surface area contributed by atoms with Gasteiger partial charge in [0.1, 0.15) is 22.4 Å². The van der Waals surface area contributed by atoms with Crippen LogP contribution in [0.2, 0.25) is 0 Å². The van der Waals surface area contributed by atoms with Gasteiger partial charge in [-0.1, -0.05) is 59.8 Å². The van der Waals surface area contributed by atoms with Crippen LogP contribution in [0.5, 0.6) is 0 Å². The van der Waals surface area contributed by atoms with Gasteiger partial charge < -0.3 is 30.2 Å². The SMILES string of the molecule is CCCCN(CCCC)C(=O)c1ccc2nc(Nc3ccc(C4CCCN(CCCn5c(NC(C)C)nc6ccc(C(=O)N(CCCC)CCCC)nc65)C4)nc3)n(CCCN3CCCCC3)c2n1. The summed E-state index contributed by atoms with van der Waals surface area (Å²) in [6, 6.07) is 12.1. The smallest absolute Gasteiger partial charge is 0.272 e. The molecule has 0 bridgehead atoms. The quantitative estimate of drug-likeness (QED) is 0.0519. The topological polar surface area (TPSA) is 145 Å². The molecule has 5 aromatic rings. The van der Waals surface area contributed by atoms with Crippen LogP contribution in [-0.2, 0) is 13.1 Å². The molecular weight excluding hydrogens is 863 g/mol. The van der Waals surface area contributed by atoms with E-state index in [2.05, 4.69) is 83.2 Å². The standard InChI is InChI=1S/C54H83N13O2/c1-7-11-33-64(34-12-8-2)51(68)47-26-24-45-49(58-47)66(53(60-45)56-41(5)6)38-20-32-63-30-18-21-42(40-63)44-23-22-43(39-55-44)57-54-61-46-25-27-48(52(69)65(35-13-9-3)36-14-10-4)59-50(46)67(54)37-19-31-62-28-16-15-17-29-62/h22-27,39,41-42H,7-21,28-38,40H2,1-6H3,(H,56,60)(H,57,61). The summed E-state index contributed by atoms with van der Waals surface area (Å²) in [5.74, 6) is 1.88. The summed E-state index contributed by atoms with van der Waals surface area (Å²) >= 11 is 0. The number of rotatable bonds is 27. The molecule has 2 fully saturated rings. The van der Waals surface area contributed by atoms with Crippen LogP contribution in [0.3, 0.4) is 0 Å². The number of pyridine rings is 3. The van der Waals surface area contributed by atoms with Gasteiger partial charge in [0.05, 0.1) is 11.9 Å². The average Bonchev–Trinajstić information content (AvgIpc) is 3.89. The van der Waals surface area contributed by atoms with Gasteiger partial charge in [-0.05, 0) is 147 Å². The van der Waals surface area contributed by atoms with E-state index in [4.69, 9.17) is 24.9 Å². The molecule has 15 nitrogen and oxygen atoms in total. The summed E-state index contributed by atoms with van der Waals surface area (Å²) in [5, 5.41) is 7.15. The third-order valence-electron chi connectivity index (χ3n) is 13.9. The maximum absolute atomic E-state index is 13.9. The highest BCUT2D eigenvalue weighted by Gasteiger charge is 2.25. The fourth-order valence-electron chi connectivity index (χ4n) is 9.92. The number of nitrogens with one attached hydrogen (secondary N) is 2. The number of piperidine rings is 2. The monoisotopic (exact) mass is 946 g/mol. The first-order valence-electron chi connectivity index (χ1n) is 27.0. The summed E-state index contributed by atoms with van der Waals surface area (Å²) < 4.78 is 4.35. The highest BCUT2D eigenvalue weighted by Crippen LogP contribution is 2.29. The predicted molar refractivity (Wildman–Crippen MR) is 281 cm³/mol. The number of fused-ring (bicyclic) bond motifs is 2. The molecule has 5 aromatic heterocycles. The van der Waals surface area contributed by atoms with Gasteiger partial charge in [0, 0.05) is 63.5 Å². The normalized spacial score (nSPS) is 15.9. The van der Waals surface area contributed by atoms with Crippen molar-refractivity contribution < 1.29 is 9.59 Å². The van der Waals surface area contributed by atoms with Crippen LogP contribution in [0.25, 0.3) is 22.3 Å². The molecule has 376 valence electrons. The van der Waals surface area contributed by atoms with Crippen molar-refractivity contribution in [2.24, 2.45) is 0 Å². The third-order valence-corrected chi connectivity index (χ3v) is 13.9. The molecule has 1 unspecified atom stereocenters. The van der Waals surface area contributed by atoms with Crippen molar-refractivity contribution >= 4 is 51.7 Å². The highest BCUT2D eigenvalue weighted by atomic mass is 16.2. The maximum atomic E-state index is 13.9. The molecule has 1 atom stereocenters. The number of amides is 2. The van der Waals surface area contributed by atoms with E-state index in [-0.39, 0.29) is 17.9 Å². The van der Waals surface area contributed by atoms with Crippen LogP contribution in [0, 0.1) is 0 Å². The molecule has 7 rings (SSSR count). The predicted octanol–water partition coefficient (Wildman–Crippen LogP) is 10.4. The van der Waals surface area contributed by atoms with Gasteiger partial charge in [0.25, 0.3) is 11.8 Å². The Kier molecular flexibility index (Phi) is 19.6. The second kappa shape index (κ2) is 26.2. The van der Waals surface area contributed by atoms with Crippen molar-refractivity contribution in [3.8, 4) is 0 Å². The van der Waals surface area contributed by atoms with Gasteiger partial charge in [0.15, 0.2) is 11.3 Å². The largest absolute Gasteiger partial charge is 0.353 e. The van der Waals surface area contributed by atoms with Crippen LogP contribution in [0.15, 0.2) is 42.6 Å². The summed E-state index contributed by atoms with van der Waals surface area (Å²) in [6.07, 6.45) is 18.0. The van der Waals surface area contributed by atoms with Gasteiger partial charge in [-0.15, -0.1) is 0 Å². The van der Waals surface area contributed by atoms with Crippen molar-refractivity contribution in [2.45, 2.75) is 163 Å². The van der Waals surface area contributed by atoms with E-state index in [9.17, 15) is 9.59 Å². The third kappa shape index (κ3) is 14.0. The molecule has 15 heteroatoms. The van der Waals surface area contributed by atoms with E-state index < -0.39 is 0 Å². The van der Waals surface area contributed by atoms with Crippen LogP contribution in [0.4, 0.5) is 17.6 Å². The van der Waals surface area contributed by atoms with Crippen molar-refractivity contribution in [3.05, 3.63) is 59.7 Å². The van der Waals surface area contributed by atoms with E-state index in [1.54, 1.807) is 0 Å². The Labute approximate surface area is 412 Å². The number of nitrogens with zero attached hydrogens (tertiary/aromatic N) is 11. The Morgan fingerprint density at radius 1 is 0.609 bits per heavy atom. The lowest BCUT2D eigenvalue weighted by molar-refractivity contribution is 0.0738. The number of anilines is 3. The maximum Gasteiger partial charge on any atom is 0.272 e. The first kappa shape index (κ1) is 51.7. The number of aromatic nitrogens is 7. The van der Waals surface area contributed by atoms with Crippen molar-refractivity contribution in [1.29, 1.82) is 0 Å². The molecule has 0 radical (unpaired) electrons. The zero-order valence-electron chi connectivity index (χ0n) is 43.0. The Morgan fingerprint density at radius 2 is 1.13 bits per heavy atom. The molecule has 2 N–H and O–H groups in total. The van der Waals surface area contributed by atoms with Crippen LogP contribution in [-0.4, -0.2) is 137 Å². The van der Waals surface area contributed by atoms with Crippen LogP contribution >= 0.6 is 0 Å². The van der Waals surface area contributed by atoms with Gasteiger partial charge in [0.2, 0.25) is 11.9 Å². The first-order valence-corrected chi connectivity index (χ1v) is 27.0. The number of hydrogen-bond donors (Lipinski definition) is 2. The van der Waals surface area contributed by atoms with Crippen molar-refractivity contribution in [3.63, 3.8) is 0 Å². The Balaban J connectivity index is 1.02. The summed E-state index contributed by atoms with van der Waals surface area (Å²) in [5.41, 5.74) is 6.07. The Morgan fingerprint density at radius 3 is 1.65 bits per heavy atom. The summed E-state index contributed by atoms with van der Waals surface area (Å²) in [6.45, 7) is 23.7. The van der Waals surface area contributed by atoms with Gasteiger partial charge >= 0.3 is 0 Å². The summed E-state index contributed by atoms with van der Waals surface area (Å²) in [4.78, 5) is 61.8. The molecule has 2 saturated heterocycles. The number of carbonyl (C=O) groups excluding carboxylic acids is 2. The molecule has 0 saturated carbocycles. The van der Waals surface area contributed by atoms with E-state index in [0.717, 1.165) is 201 Å². The molecule has 0 aromatic carbocycles. The summed E-state index contributed by atoms with van der Waals surface area (Å²) in [7, 11) is 0. The number of hydrogen-bond acceptors (Lipinski definition) is 11. The number of unbranched alkanes of at least 4 members (excludes halogenated alkanes) is 4. The minimum atomic E-state index is 0.00244. The zero-order valence-corrected chi connectivity index (χ0v) is 43.0. The fraction of sp³-hybridized carbons (Fsp3) is 0.648. The lowest BCUT2D eigenvalue weighted by Gasteiger charge is -2.32. The number of aryl methyl sites for hydroxylation is 2. The van der Waals surface area contributed by atoms with E-state index in [1.165, 1.54) is 19.3 Å². The Hall–Kier alpha value is -5.15. The van der Waals surface area contributed by atoms with Gasteiger partial charge in [-0.25, -0.2) is 19.9 Å². The molecule has 69 heavy (non-hydrogen) atoms. The van der Waals surface area contributed by atoms with E-state index >= 15 is 0 Å². The minimum absolute atomic E-state index is 0.00244. The molecule has 2 aliphatic rings. The van der Waals surface area contributed by atoms with Crippen molar-refractivity contribution in [2.75, 3.05) is 76.1 Å². The number of imidazole rings is 2.